The summed E-state index contributed by atoms with van der Waals surface area (Å²) in [5, 5.41) is 4.65. The van der Waals surface area contributed by atoms with Gasteiger partial charge in [0.15, 0.2) is 0 Å². The first kappa shape index (κ1) is 9.46. The minimum absolute atomic E-state index is 0.966. The molecule has 0 amide bonds. The van der Waals surface area contributed by atoms with Gasteiger partial charge in [0.05, 0.1) is 0 Å². The van der Waals surface area contributed by atoms with E-state index in [0.717, 1.165) is 24.5 Å². The molecule has 3 heteroatoms. The van der Waals surface area contributed by atoms with Crippen LogP contribution < -0.4 is 5.32 Å². The Balaban J connectivity index is 1.97. The Hall–Kier alpha value is -1.77. The topological polar surface area (TPSA) is 40.2 Å². The van der Waals surface area contributed by atoms with E-state index >= 15 is 0 Å². The number of aromatic amines is 1. The van der Waals surface area contributed by atoms with Crippen molar-refractivity contribution in [1.29, 1.82) is 0 Å². The number of nitrogens with zero attached hydrogens (tertiary/aromatic N) is 1. The molecule has 0 saturated carbocycles. The summed E-state index contributed by atoms with van der Waals surface area (Å²) in [5.41, 5.74) is 3.63. The van der Waals surface area contributed by atoms with E-state index in [2.05, 4.69) is 40.4 Å². The van der Waals surface area contributed by atoms with Crippen LogP contribution in [0.5, 0.6) is 0 Å². The lowest BCUT2D eigenvalue weighted by Gasteiger charge is -2.07. The van der Waals surface area contributed by atoms with Crippen molar-refractivity contribution in [3.05, 3.63) is 30.0 Å². The van der Waals surface area contributed by atoms with Crippen molar-refractivity contribution < 1.29 is 0 Å². The first-order valence-corrected chi connectivity index (χ1v) is 5.71. The fraction of sp³-hybridized carbons (Fsp3) is 0.308. The average molecular weight is 213 g/mol. The maximum absolute atomic E-state index is 4.43. The van der Waals surface area contributed by atoms with E-state index in [9.17, 15) is 0 Å². The highest BCUT2D eigenvalue weighted by atomic mass is 15.0. The first-order chi connectivity index (χ1) is 7.83. The van der Waals surface area contributed by atoms with Gasteiger partial charge in [-0.05, 0) is 37.1 Å². The summed E-state index contributed by atoms with van der Waals surface area (Å²) in [6.07, 6.45) is 4.23. The Morgan fingerprint density at radius 1 is 1.38 bits per heavy atom. The van der Waals surface area contributed by atoms with E-state index in [1.165, 1.54) is 22.9 Å². The van der Waals surface area contributed by atoms with Gasteiger partial charge in [-0.3, -0.25) is 4.99 Å². The van der Waals surface area contributed by atoms with E-state index in [4.69, 9.17) is 0 Å². The smallest absolute Gasteiger partial charge is 0.101 e. The lowest BCUT2D eigenvalue weighted by atomic mass is 10.1. The van der Waals surface area contributed by atoms with E-state index in [-0.39, 0.29) is 0 Å². The molecule has 1 aliphatic heterocycles. The molecule has 0 bridgehead atoms. The SMILES string of the molecule is Cc1cc(NC2=NCCC2)cc2cc[nH]c12. The molecule has 0 atom stereocenters. The molecule has 1 aromatic carbocycles. The average Bonchev–Trinajstić information content (AvgIpc) is 2.87. The van der Waals surface area contributed by atoms with E-state index < -0.39 is 0 Å². The van der Waals surface area contributed by atoms with Crippen molar-refractivity contribution in [2.45, 2.75) is 19.8 Å². The molecule has 0 spiro atoms. The van der Waals surface area contributed by atoms with Crippen LogP contribution in [0.3, 0.4) is 0 Å². The third kappa shape index (κ3) is 1.58. The van der Waals surface area contributed by atoms with Crippen LogP contribution in [0.2, 0.25) is 0 Å². The van der Waals surface area contributed by atoms with Crippen molar-refractivity contribution in [3.63, 3.8) is 0 Å². The highest BCUT2D eigenvalue weighted by Crippen LogP contribution is 2.23. The predicted molar refractivity (Wildman–Crippen MR) is 68.2 cm³/mol. The van der Waals surface area contributed by atoms with Gasteiger partial charge in [0.1, 0.15) is 5.84 Å². The minimum Gasteiger partial charge on any atom is -0.361 e. The fourth-order valence-corrected chi connectivity index (χ4v) is 2.24. The number of aromatic nitrogens is 1. The van der Waals surface area contributed by atoms with Gasteiger partial charge in [0.25, 0.3) is 0 Å². The van der Waals surface area contributed by atoms with Crippen LogP contribution >= 0.6 is 0 Å². The minimum atomic E-state index is 0.966. The van der Waals surface area contributed by atoms with Crippen LogP contribution in [0.1, 0.15) is 18.4 Å². The second kappa shape index (κ2) is 3.67. The summed E-state index contributed by atoms with van der Waals surface area (Å²) in [5.74, 6) is 1.12. The van der Waals surface area contributed by atoms with Gasteiger partial charge in [-0.15, -0.1) is 0 Å². The lowest BCUT2D eigenvalue weighted by molar-refractivity contribution is 0.951. The van der Waals surface area contributed by atoms with Crippen molar-refractivity contribution in [3.8, 4) is 0 Å². The van der Waals surface area contributed by atoms with E-state index in [1.54, 1.807) is 0 Å². The third-order valence-corrected chi connectivity index (χ3v) is 3.02. The van der Waals surface area contributed by atoms with Crippen molar-refractivity contribution in [1.82, 2.24) is 4.98 Å². The summed E-state index contributed by atoms with van der Waals surface area (Å²) in [4.78, 5) is 7.68. The number of hydrogen-bond acceptors (Lipinski definition) is 2. The van der Waals surface area contributed by atoms with Crippen LogP contribution in [0.4, 0.5) is 5.69 Å². The summed E-state index contributed by atoms with van der Waals surface area (Å²) in [6.45, 7) is 3.09. The Labute approximate surface area is 94.6 Å². The maximum atomic E-state index is 4.43. The maximum Gasteiger partial charge on any atom is 0.101 e. The van der Waals surface area contributed by atoms with E-state index in [0.29, 0.717) is 0 Å². The van der Waals surface area contributed by atoms with Crippen molar-refractivity contribution in [2.24, 2.45) is 4.99 Å². The summed E-state index contributed by atoms with van der Waals surface area (Å²) >= 11 is 0. The molecule has 3 nitrogen and oxygen atoms in total. The van der Waals surface area contributed by atoms with Crippen LogP contribution in [0.25, 0.3) is 10.9 Å². The number of benzene rings is 1. The Morgan fingerprint density at radius 3 is 3.12 bits per heavy atom. The van der Waals surface area contributed by atoms with Gasteiger partial charge in [0.2, 0.25) is 0 Å². The molecule has 0 radical (unpaired) electrons. The number of fused-ring (bicyclic) bond motifs is 1. The van der Waals surface area contributed by atoms with Gasteiger partial charge in [-0.25, -0.2) is 0 Å². The second-order valence-electron chi connectivity index (χ2n) is 4.29. The molecule has 0 saturated heterocycles. The predicted octanol–water partition coefficient (Wildman–Crippen LogP) is 3.08. The summed E-state index contributed by atoms with van der Waals surface area (Å²) in [6, 6.07) is 6.43. The number of aliphatic imine (C=N–C) groups is 1. The quantitative estimate of drug-likeness (QED) is 0.750. The van der Waals surface area contributed by atoms with Crippen LogP contribution in [0, 0.1) is 6.92 Å². The Kier molecular flexibility index (Phi) is 2.17. The van der Waals surface area contributed by atoms with Gasteiger partial charge in [-0.2, -0.15) is 0 Å². The second-order valence-corrected chi connectivity index (χ2v) is 4.29. The third-order valence-electron chi connectivity index (χ3n) is 3.02. The van der Waals surface area contributed by atoms with Gasteiger partial charge in [0, 0.05) is 35.8 Å². The zero-order valence-electron chi connectivity index (χ0n) is 9.38. The molecule has 2 N–H and O–H groups in total. The van der Waals surface area contributed by atoms with Gasteiger partial charge in [-0.1, -0.05) is 0 Å². The molecule has 1 aromatic heterocycles. The molecular weight excluding hydrogens is 198 g/mol. The number of nitrogens with one attached hydrogen (secondary N) is 2. The molecule has 2 heterocycles. The van der Waals surface area contributed by atoms with Crippen LogP contribution in [0.15, 0.2) is 29.4 Å². The first-order valence-electron chi connectivity index (χ1n) is 5.71. The number of H-pyrrole nitrogens is 1. The number of aryl methyl sites for hydroxylation is 1. The van der Waals surface area contributed by atoms with Crippen LogP contribution in [-0.4, -0.2) is 17.4 Å². The standard InChI is InChI=1S/C13H15N3/c1-9-7-11(16-12-3-2-5-14-12)8-10-4-6-15-13(9)10/h4,6-8,15H,2-3,5H2,1H3,(H,14,16). The summed E-state index contributed by atoms with van der Waals surface area (Å²) in [7, 11) is 0. The van der Waals surface area contributed by atoms with Gasteiger partial charge >= 0.3 is 0 Å². The number of hydrogen-bond donors (Lipinski definition) is 2. The monoisotopic (exact) mass is 213 g/mol. The highest BCUT2D eigenvalue weighted by Gasteiger charge is 2.07. The largest absolute Gasteiger partial charge is 0.361 e. The Bertz CT molecular complexity index is 551. The van der Waals surface area contributed by atoms with Crippen molar-refractivity contribution >= 4 is 22.4 Å². The lowest BCUT2D eigenvalue weighted by Crippen LogP contribution is -2.08. The molecule has 0 unspecified atom stereocenters. The molecule has 0 aliphatic carbocycles. The summed E-state index contributed by atoms with van der Waals surface area (Å²) < 4.78 is 0. The number of anilines is 1. The molecule has 0 fully saturated rings. The Morgan fingerprint density at radius 2 is 2.31 bits per heavy atom. The zero-order chi connectivity index (χ0) is 11.0. The molecular formula is C13H15N3. The number of rotatable bonds is 1. The van der Waals surface area contributed by atoms with Gasteiger partial charge < -0.3 is 10.3 Å². The normalized spacial score (nSPS) is 15.4. The molecule has 3 rings (SSSR count). The molecule has 2 aromatic rings. The molecule has 1 aliphatic rings. The fourth-order valence-electron chi connectivity index (χ4n) is 2.24. The zero-order valence-corrected chi connectivity index (χ0v) is 9.38. The molecule has 82 valence electrons. The van der Waals surface area contributed by atoms with Crippen LogP contribution in [-0.2, 0) is 0 Å². The number of amidine groups is 1. The molecule has 16 heavy (non-hydrogen) atoms. The van der Waals surface area contributed by atoms with Crippen molar-refractivity contribution in [2.75, 3.05) is 11.9 Å². The van der Waals surface area contributed by atoms with E-state index in [1.807, 2.05) is 6.20 Å². The highest BCUT2D eigenvalue weighted by molar-refractivity contribution is 5.98.